The minimum Gasteiger partial charge on any atom is -0.395 e. The van der Waals surface area contributed by atoms with E-state index >= 15 is 0 Å². The van der Waals surface area contributed by atoms with E-state index in [9.17, 15) is 0 Å². The Morgan fingerprint density at radius 2 is 1.82 bits per heavy atom. The number of benzene rings is 1. The molecule has 0 atom stereocenters. The van der Waals surface area contributed by atoms with Crippen molar-refractivity contribution in [3.63, 3.8) is 0 Å². The monoisotopic (exact) mass is 274 g/mol. The minimum absolute atomic E-state index is 0. The van der Waals surface area contributed by atoms with Crippen LogP contribution in [0.4, 0.5) is 0 Å². The molecule has 1 aromatic heterocycles. The summed E-state index contributed by atoms with van der Waals surface area (Å²) in [6, 6.07) is 12.1. The van der Waals surface area contributed by atoms with Crippen LogP contribution < -0.4 is 5.32 Å². The highest BCUT2D eigenvalue weighted by molar-refractivity contribution is 5.85. The molecule has 0 bridgehead atoms. The van der Waals surface area contributed by atoms with Gasteiger partial charge in [-0.2, -0.15) is 0 Å². The van der Waals surface area contributed by atoms with E-state index in [2.05, 4.69) is 16.4 Å². The van der Waals surface area contributed by atoms with Crippen LogP contribution in [0.1, 0.15) is 5.69 Å². The Morgan fingerprint density at radius 1 is 1.06 bits per heavy atom. The van der Waals surface area contributed by atoms with Gasteiger partial charge in [0.2, 0.25) is 0 Å². The molecule has 0 radical (unpaired) electrons. The zero-order chi connectivity index (χ0) is 10.5. The van der Waals surface area contributed by atoms with Gasteiger partial charge < -0.3 is 10.4 Å². The number of aliphatic hydroxyl groups is 1. The average Bonchev–Trinajstić information content (AvgIpc) is 2.29. The van der Waals surface area contributed by atoms with Crippen LogP contribution in [0.15, 0.2) is 36.4 Å². The summed E-state index contributed by atoms with van der Waals surface area (Å²) in [6.07, 6.45) is 0. The number of para-hydroxylation sites is 1. The van der Waals surface area contributed by atoms with Crippen LogP contribution in [0, 0.1) is 0 Å². The summed E-state index contributed by atoms with van der Waals surface area (Å²) in [4.78, 5) is 4.50. The lowest BCUT2D eigenvalue weighted by atomic mass is 10.2. The topological polar surface area (TPSA) is 45.1 Å². The molecule has 0 saturated heterocycles. The third kappa shape index (κ3) is 4.48. The van der Waals surface area contributed by atoms with E-state index in [1.54, 1.807) is 0 Å². The average molecular weight is 275 g/mol. The quantitative estimate of drug-likeness (QED) is 0.840. The fourth-order valence-electron chi connectivity index (χ4n) is 1.50. The summed E-state index contributed by atoms with van der Waals surface area (Å²) in [7, 11) is 0. The number of rotatable bonds is 4. The van der Waals surface area contributed by atoms with Crippen molar-refractivity contribution in [2.24, 2.45) is 0 Å². The van der Waals surface area contributed by atoms with Gasteiger partial charge in [-0.05, 0) is 12.1 Å². The van der Waals surface area contributed by atoms with Gasteiger partial charge in [-0.1, -0.05) is 24.3 Å². The fourth-order valence-corrected chi connectivity index (χ4v) is 1.50. The van der Waals surface area contributed by atoms with Crippen molar-refractivity contribution in [1.29, 1.82) is 0 Å². The third-order valence-electron chi connectivity index (χ3n) is 2.25. The summed E-state index contributed by atoms with van der Waals surface area (Å²) < 4.78 is 0. The molecule has 0 fully saturated rings. The Hall–Kier alpha value is -0.870. The fraction of sp³-hybridized carbons (Fsp3) is 0.250. The summed E-state index contributed by atoms with van der Waals surface area (Å²) in [5, 5.41) is 12.9. The molecule has 0 unspecified atom stereocenters. The van der Waals surface area contributed by atoms with Gasteiger partial charge in [0.05, 0.1) is 17.8 Å². The molecule has 2 aromatic rings. The van der Waals surface area contributed by atoms with E-state index in [-0.39, 0.29) is 31.4 Å². The number of hydrogen-bond donors (Lipinski definition) is 2. The zero-order valence-electron chi connectivity index (χ0n) is 9.30. The second kappa shape index (κ2) is 8.25. The Balaban J connectivity index is 0.00000128. The highest BCUT2D eigenvalue weighted by atomic mass is 35.5. The third-order valence-corrected chi connectivity index (χ3v) is 2.25. The molecule has 0 amide bonds. The van der Waals surface area contributed by atoms with Gasteiger partial charge in [0.1, 0.15) is 0 Å². The number of halogens is 2. The van der Waals surface area contributed by atoms with Gasteiger partial charge >= 0.3 is 0 Å². The molecule has 1 aromatic carbocycles. The number of hydrogen-bond acceptors (Lipinski definition) is 3. The lowest BCUT2D eigenvalue weighted by molar-refractivity contribution is 0.291. The molecule has 5 heteroatoms. The Kier molecular flexibility index (Phi) is 7.83. The largest absolute Gasteiger partial charge is 0.395 e. The van der Waals surface area contributed by atoms with Crippen LogP contribution in [0.25, 0.3) is 10.9 Å². The van der Waals surface area contributed by atoms with Gasteiger partial charge in [0, 0.05) is 18.5 Å². The van der Waals surface area contributed by atoms with Crippen molar-refractivity contribution < 1.29 is 5.11 Å². The van der Waals surface area contributed by atoms with Crippen molar-refractivity contribution in [2.45, 2.75) is 6.54 Å². The van der Waals surface area contributed by atoms with Gasteiger partial charge in [0.15, 0.2) is 0 Å². The number of pyridine rings is 1. The first-order valence-electron chi connectivity index (χ1n) is 5.06. The summed E-state index contributed by atoms with van der Waals surface area (Å²) in [5.41, 5.74) is 2.02. The minimum atomic E-state index is 0. The number of aliphatic hydroxyl groups excluding tert-OH is 1. The van der Waals surface area contributed by atoms with E-state index < -0.39 is 0 Å². The second-order valence-corrected chi connectivity index (χ2v) is 3.40. The normalized spacial score (nSPS) is 9.47. The highest BCUT2D eigenvalue weighted by Gasteiger charge is 1.96. The Labute approximate surface area is 113 Å². The molecule has 0 aliphatic carbocycles. The van der Waals surface area contributed by atoms with Gasteiger partial charge in [0.25, 0.3) is 0 Å². The van der Waals surface area contributed by atoms with Crippen LogP contribution in [-0.4, -0.2) is 23.2 Å². The van der Waals surface area contributed by atoms with E-state index in [1.165, 1.54) is 0 Å². The molecule has 1 heterocycles. The van der Waals surface area contributed by atoms with Crippen molar-refractivity contribution in [3.8, 4) is 0 Å². The van der Waals surface area contributed by atoms with E-state index in [4.69, 9.17) is 5.11 Å². The molecule has 3 nitrogen and oxygen atoms in total. The molecule has 2 rings (SSSR count). The molecule has 0 aliphatic rings. The van der Waals surface area contributed by atoms with Crippen LogP contribution >= 0.6 is 24.8 Å². The van der Waals surface area contributed by atoms with E-state index in [1.807, 2.05) is 30.3 Å². The van der Waals surface area contributed by atoms with Gasteiger partial charge in [-0.3, -0.25) is 4.98 Å². The van der Waals surface area contributed by atoms with Gasteiger partial charge in [-0.25, -0.2) is 0 Å². The predicted octanol–water partition coefficient (Wildman–Crippen LogP) is 2.16. The lowest BCUT2D eigenvalue weighted by Crippen LogP contribution is -2.18. The number of fused-ring (bicyclic) bond motifs is 1. The van der Waals surface area contributed by atoms with Crippen LogP contribution in [-0.2, 0) is 6.54 Å². The smallest absolute Gasteiger partial charge is 0.0705 e. The van der Waals surface area contributed by atoms with Crippen molar-refractivity contribution >= 4 is 35.7 Å². The van der Waals surface area contributed by atoms with Crippen molar-refractivity contribution in [2.75, 3.05) is 13.2 Å². The molecule has 0 aliphatic heterocycles. The number of nitrogens with zero attached hydrogens (tertiary/aromatic N) is 1. The van der Waals surface area contributed by atoms with Crippen LogP contribution in [0.5, 0.6) is 0 Å². The predicted molar refractivity (Wildman–Crippen MR) is 75.0 cm³/mol. The van der Waals surface area contributed by atoms with Crippen molar-refractivity contribution in [1.82, 2.24) is 10.3 Å². The molecule has 0 spiro atoms. The lowest BCUT2D eigenvalue weighted by Gasteiger charge is -2.03. The first-order chi connectivity index (χ1) is 7.40. The SMILES string of the molecule is Cl.Cl.OCCNCc1ccc2ccccc2n1. The molecule has 0 saturated carbocycles. The maximum atomic E-state index is 8.63. The molecule has 94 valence electrons. The zero-order valence-corrected chi connectivity index (χ0v) is 10.9. The van der Waals surface area contributed by atoms with Crippen molar-refractivity contribution in [3.05, 3.63) is 42.1 Å². The summed E-state index contributed by atoms with van der Waals surface area (Å²) in [5.74, 6) is 0. The summed E-state index contributed by atoms with van der Waals surface area (Å²) >= 11 is 0. The molecule has 17 heavy (non-hydrogen) atoms. The maximum Gasteiger partial charge on any atom is 0.0705 e. The molecule has 2 N–H and O–H groups in total. The van der Waals surface area contributed by atoms with Crippen LogP contribution in [0.3, 0.4) is 0 Å². The van der Waals surface area contributed by atoms with Gasteiger partial charge in [-0.15, -0.1) is 24.8 Å². The molecular weight excluding hydrogens is 259 g/mol. The second-order valence-electron chi connectivity index (χ2n) is 3.40. The Bertz CT molecular complexity index is 451. The van der Waals surface area contributed by atoms with E-state index in [0.717, 1.165) is 16.6 Å². The first-order valence-corrected chi connectivity index (χ1v) is 5.06. The summed E-state index contributed by atoms with van der Waals surface area (Å²) in [6.45, 7) is 1.47. The molecular formula is C12H16Cl2N2O. The highest BCUT2D eigenvalue weighted by Crippen LogP contribution is 2.11. The number of aromatic nitrogens is 1. The van der Waals surface area contributed by atoms with Crippen LogP contribution in [0.2, 0.25) is 0 Å². The Morgan fingerprint density at radius 3 is 2.59 bits per heavy atom. The first kappa shape index (κ1) is 16.1. The van der Waals surface area contributed by atoms with E-state index in [0.29, 0.717) is 13.1 Å². The maximum absolute atomic E-state index is 8.63. The number of nitrogens with one attached hydrogen (secondary N) is 1. The standard InChI is InChI=1S/C12H14N2O.2ClH/c15-8-7-13-9-11-6-5-10-3-1-2-4-12(10)14-11;;/h1-6,13,15H,7-9H2;2*1H.